The Hall–Kier alpha value is -2.44. The van der Waals surface area contributed by atoms with E-state index in [1.54, 1.807) is 19.1 Å². The van der Waals surface area contributed by atoms with Crippen LogP contribution in [0.1, 0.15) is 57.2 Å². The van der Waals surface area contributed by atoms with Gasteiger partial charge in [-0.3, -0.25) is 9.69 Å². The van der Waals surface area contributed by atoms with Crippen LogP contribution in [0.4, 0.5) is 4.79 Å². The van der Waals surface area contributed by atoms with Gasteiger partial charge in [-0.05, 0) is 58.1 Å². The molecular formula is C22H30N2O5. The Morgan fingerprint density at radius 1 is 1.14 bits per heavy atom. The van der Waals surface area contributed by atoms with Crippen molar-refractivity contribution < 1.29 is 23.8 Å². The van der Waals surface area contributed by atoms with E-state index in [0.717, 1.165) is 36.1 Å². The van der Waals surface area contributed by atoms with Crippen LogP contribution in [0.15, 0.2) is 12.1 Å². The molecule has 3 aliphatic heterocycles. The molecule has 0 aromatic heterocycles. The number of amides is 2. The van der Waals surface area contributed by atoms with Crippen molar-refractivity contribution in [3.05, 3.63) is 23.3 Å². The number of methoxy groups -OCH3 is 2. The number of carbonyl (C=O) groups excluding carboxylic acids is 2. The van der Waals surface area contributed by atoms with Crippen LogP contribution < -0.4 is 9.47 Å². The number of benzene rings is 1. The van der Waals surface area contributed by atoms with Crippen LogP contribution in [0.5, 0.6) is 11.5 Å². The first-order chi connectivity index (χ1) is 13.7. The molecule has 29 heavy (non-hydrogen) atoms. The molecule has 0 N–H and O–H groups in total. The minimum absolute atomic E-state index is 0.0142. The predicted octanol–water partition coefficient (Wildman–Crippen LogP) is 3.30. The Kier molecular flexibility index (Phi) is 4.87. The van der Waals surface area contributed by atoms with Gasteiger partial charge in [-0.15, -0.1) is 0 Å². The lowest BCUT2D eigenvalue weighted by molar-refractivity contribution is -0.155. The molecule has 3 aliphatic rings. The van der Waals surface area contributed by atoms with E-state index >= 15 is 0 Å². The maximum Gasteiger partial charge on any atom is 0.411 e. The second-order valence-electron chi connectivity index (χ2n) is 9.03. The standard InChI is InChI=1S/C22H30N2O5/c1-22(2,3)29-21(26)24-15-7-6-8-16(24)20(25)23-10-9-13-11-14(27-4)12-17(28-5)18(13)19(15)23/h11-12,15-16,19H,6-10H2,1-5H3. The summed E-state index contributed by atoms with van der Waals surface area (Å²) in [5, 5.41) is 0. The highest BCUT2D eigenvalue weighted by Gasteiger charge is 2.54. The van der Waals surface area contributed by atoms with E-state index in [0.29, 0.717) is 18.7 Å². The van der Waals surface area contributed by atoms with Crippen LogP contribution in [0, 0.1) is 0 Å². The van der Waals surface area contributed by atoms with Crippen molar-refractivity contribution in [3.63, 3.8) is 0 Å². The molecule has 0 saturated carbocycles. The summed E-state index contributed by atoms with van der Waals surface area (Å²) in [7, 11) is 3.27. The van der Waals surface area contributed by atoms with E-state index in [4.69, 9.17) is 14.2 Å². The molecule has 2 amide bonds. The van der Waals surface area contributed by atoms with Crippen LogP contribution in [0.25, 0.3) is 0 Å². The summed E-state index contributed by atoms with van der Waals surface area (Å²) < 4.78 is 16.8. The van der Waals surface area contributed by atoms with Crippen molar-refractivity contribution in [1.29, 1.82) is 0 Å². The number of piperazine rings is 1. The van der Waals surface area contributed by atoms with Gasteiger partial charge in [-0.1, -0.05) is 0 Å². The summed E-state index contributed by atoms with van der Waals surface area (Å²) in [4.78, 5) is 30.1. The summed E-state index contributed by atoms with van der Waals surface area (Å²) in [5.74, 6) is 1.46. The third kappa shape index (κ3) is 3.30. The molecule has 3 atom stereocenters. The molecule has 2 fully saturated rings. The smallest absolute Gasteiger partial charge is 0.411 e. The summed E-state index contributed by atoms with van der Waals surface area (Å²) in [6.07, 6.45) is 2.78. The van der Waals surface area contributed by atoms with Gasteiger partial charge in [0, 0.05) is 18.2 Å². The molecule has 1 aromatic rings. The zero-order valence-corrected chi connectivity index (χ0v) is 17.9. The Balaban J connectivity index is 1.80. The lowest BCUT2D eigenvalue weighted by atomic mass is 9.78. The molecule has 3 heterocycles. The van der Waals surface area contributed by atoms with Gasteiger partial charge in [-0.2, -0.15) is 0 Å². The van der Waals surface area contributed by atoms with Gasteiger partial charge >= 0.3 is 6.09 Å². The first-order valence-corrected chi connectivity index (χ1v) is 10.3. The SMILES string of the molecule is COc1cc2c(c(OC)c1)C1C3CCCC(C(=O)N1CC2)N3C(=O)OC(C)(C)C. The average Bonchev–Trinajstić information content (AvgIpc) is 2.68. The average molecular weight is 402 g/mol. The lowest BCUT2D eigenvalue weighted by Crippen LogP contribution is -2.67. The molecule has 1 aromatic carbocycles. The number of hydrogen-bond acceptors (Lipinski definition) is 5. The van der Waals surface area contributed by atoms with Crippen LogP contribution in [0.2, 0.25) is 0 Å². The largest absolute Gasteiger partial charge is 0.497 e. The molecule has 158 valence electrons. The van der Waals surface area contributed by atoms with Gasteiger partial charge in [0.15, 0.2) is 0 Å². The molecule has 2 bridgehead atoms. The summed E-state index contributed by atoms with van der Waals surface area (Å²) in [6.45, 7) is 6.19. The Morgan fingerprint density at radius 3 is 2.55 bits per heavy atom. The third-order valence-corrected chi connectivity index (χ3v) is 6.12. The highest BCUT2D eigenvalue weighted by molar-refractivity contribution is 5.88. The van der Waals surface area contributed by atoms with Crippen molar-refractivity contribution >= 4 is 12.0 Å². The molecular weight excluding hydrogens is 372 g/mol. The highest BCUT2D eigenvalue weighted by Crippen LogP contribution is 2.48. The molecule has 7 heteroatoms. The lowest BCUT2D eigenvalue weighted by Gasteiger charge is -2.55. The summed E-state index contributed by atoms with van der Waals surface area (Å²) in [5.41, 5.74) is 1.50. The number of hydrogen-bond donors (Lipinski definition) is 0. The second-order valence-corrected chi connectivity index (χ2v) is 9.03. The van der Waals surface area contributed by atoms with Crippen molar-refractivity contribution in [3.8, 4) is 11.5 Å². The Labute approximate surface area is 171 Å². The monoisotopic (exact) mass is 402 g/mol. The van der Waals surface area contributed by atoms with E-state index in [9.17, 15) is 9.59 Å². The van der Waals surface area contributed by atoms with E-state index in [1.165, 1.54) is 0 Å². The number of rotatable bonds is 2. The summed E-state index contributed by atoms with van der Waals surface area (Å²) >= 11 is 0. The number of carbonyl (C=O) groups is 2. The maximum atomic E-state index is 13.4. The van der Waals surface area contributed by atoms with Gasteiger partial charge in [0.05, 0.1) is 26.3 Å². The van der Waals surface area contributed by atoms with Crippen LogP contribution in [-0.4, -0.2) is 60.2 Å². The number of piperidine rings is 1. The fraction of sp³-hybridized carbons (Fsp3) is 0.636. The number of fused-ring (bicyclic) bond motifs is 6. The minimum Gasteiger partial charge on any atom is -0.497 e. The van der Waals surface area contributed by atoms with Gasteiger partial charge in [0.1, 0.15) is 23.1 Å². The number of nitrogens with zero attached hydrogens (tertiary/aromatic N) is 2. The van der Waals surface area contributed by atoms with Crippen LogP contribution in [-0.2, 0) is 16.0 Å². The topological polar surface area (TPSA) is 68.3 Å². The highest BCUT2D eigenvalue weighted by atomic mass is 16.6. The number of ether oxygens (including phenoxy) is 3. The van der Waals surface area contributed by atoms with Crippen molar-refractivity contribution in [2.75, 3.05) is 20.8 Å². The first kappa shape index (κ1) is 19.9. The van der Waals surface area contributed by atoms with Crippen molar-refractivity contribution in [2.45, 2.75) is 70.2 Å². The second kappa shape index (κ2) is 7.11. The molecule has 4 rings (SSSR count). The molecule has 3 unspecified atom stereocenters. The van der Waals surface area contributed by atoms with Gasteiger partial charge in [0.2, 0.25) is 5.91 Å². The first-order valence-electron chi connectivity index (χ1n) is 10.3. The van der Waals surface area contributed by atoms with Crippen molar-refractivity contribution in [1.82, 2.24) is 9.80 Å². The third-order valence-electron chi connectivity index (χ3n) is 6.12. The fourth-order valence-electron chi connectivity index (χ4n) is 5.02. The maximum absolute atomic E-state index is 13.4. The fourth-order valence-corrected chi connectivity index (χ4v) is 5.02. The summed E-state index contributed by atoms with van der Waals surface area (Å²) in [6, 6.07) is 3.09. The van der Waals surface area contributed by atoms with Crippen LogP contribution >= 0.6 is 0 Å². The molecule has 7 nitrogen and oxygen atoms in total. The van der Waals surface area contributed by atoms with Gasteiger partial charge < -0.3 is 19.1 Å². The van der Waals surface area contributed by atoms with Crippen molar-refractivity contribution in [2.24, 2.45) is 0 Å². The Bertz CT molecular complexity index is 814. The predicted molar refractivity (Wildman–Crippen MR) is 107 cm³/mol. The van der Waals surface area contributed by atoms with E-state index in [2.05, 4.69) is 0 Å². The van der Waals surface area contributed by atoms with E-state index in [1.807, 2.05) is 37.8 Å². The minimum atomic E-state index is -0.610. The Morgan fingerprint density at radius 2 is 1.90 bits per heavy atom. The molecule has 0 radical (unpaired) electrons. The molecule has 0 aliphatic carbocycles. The van der Waals surface area contributed by atoms with Crippen LogP contribution in [0.3, 0.4) is 0 Å². The molecule has 0 spiro atoms. The van der Waals surface area contributed by atoms with E-state index < -0.39 is 17.7 Å². The zero-order valence-electron chi connectivity index (χ0n) is 17.9. The molecule has 2 saturated heterocycles. The quantitative estimate of drug-likeness (QED) is 0.759. The van der Waals surface area contributed by atoms with E-state index in [-0.39, 0.29) is 18.0 Å². The normalized spacial score (nSPS) is 25.8. The van der Waals surface area contributed by atoms with Gasteiger partial charge in [0.25, 0.3) is 0 Å². The zero-order chi connectivity index (χ0) is 20.9. The van der Waals surface area contributed by atoms with Gasteiger partial charge in [-0.25, -0.2) is 4.79 Å².